The molecule has 5 heteroatoms. The van der Waals surface area contributed by atoms with Crippen molar-refractivity contribution in [1.29, 1.82) is 0 Å². The topological polar surface area (TPSA) is 82.5 Å². The molecule has 1 aromatic rings. The van der Waals surface area contributed by atoms with Crippen LogP contribution in [-0.4, -0.2) is 33.8 Å². The molecule has 1 saturated carbocycles. The van der Waals surface area contributed by atoms with Gasteiger partial charge >= 0.3 is 5.97 Å². The van der Waals surface area contributed by atoms with Crippen molar-refractivity contribution in [3.05, 3.63) is 23.4 Å². The van der Waals surface area contributed by atoms with Crippen LogP contribution in [0.5, 0.6) is 0 Å². The SMILES string of the molecule is CCc1cc(C(=O)O)cc(NCC(O)C2CC2)n1. The predicted molar refractivity (Wildman–Crippen MR) is 67.8 cm³/mol. The summed E-state index contributed by atoms with van der Waals surface area (Å²) in [6, 6.07) is 3.08. The number of nitrogens with zero attached hydrogens (tertiary/aromatic N) is 1. The highest BCUT2D eigenvalue weighted by atomic mass is 16.4. The second-order valence-electron chi connectivity index (χ2n) is 4.68. The number of rotatable bonds is 6. The average Bonchev–Trinajstić information content (AvgIpc) is 3.19. The number of carbonyl (C=O) groups is 1. The highest BCUT2D eigenvalue weighted by molar-refractivity contribution is 5.88. The van der Waals surface area contributed by atoms with E-state index in [0.29, 0.717) is 24.7 Å². The number of anilines is 1. The van der Waals surface area contributed by atoms with Gasteiger partial charge in [-0.15, -0.1) is 0 Å². The second kappa shape index (κ2) is 5.35. The van der Waals surface area contributed by atoms with Gasteiger partial charge in [0.15, 0.2) is 0 Å². The minimum atomic E-state index is -0.960. The molecule has 2 rings (SSSR count). The summed E-state index contributed by atoms with van der Waals surface area (Å²) in [4.78, 5) is 15.3. The highest BCUT2D eigenvalue weighted by Crippen LogP contribution is 2.32. The Bertz CT molecular complexity index is 444. The van der Waals surface area contributed by atoms with E-state index < -0.39 is 5.97 Å². The normalized spacial score (nSPS) is 16.3. The van der Waals surface area contributed by atoms with Crippen LogP contribution in [0.1, 0.15) is 35.8 Å². The molecule has 1 unspecified atom stereocenters. The van der Waals surface area contributed by atoms with Gasteiger partial charge in [0.2, 0.25) is 0 Å². The van der Waals surface area contributed by atoms with E-state index >= 15 is 0 Å². The van der Waals surface area contributed by atoms with Crippen LogP contribution >= 0.6 is 0 Å². The molecule has 1 aliphatic rings. The minimum absolute atomic E-state index is 0.227. The van der Waals surface area contributed by atoms with Crippen molar-refractivity contribution >= 4 is 11.8 Å². The fourth-order valence-electron chi connectivity index (χ4n) is 1.84. The van der Waals surface area contributed by atoms with Gasteiger partial charge in [0.05, 0.1) is 11.7 Å². The maximum absolute atomic E-state index is 11.0. The third-order valence-electron chi connectivity index (χ3n) is 3.15. The van der Waals surface area contributed by atoms with E-state index in [1.165, 1.54) is 6.07 Å². The predicted octanol–water partition coefficient (Wildman–Crippen LogP) is 1.52. The lowest BCUT2D eigenvalue weighted by molar-refractivity contribution is 0.0696. The van der Waals surface area contributed by atoms with E-state index in [1.807, 2.05) is 6.92 Å². The van der Waals surface area contributed by atoms with E-state index in [1.54, 1.807) is 6.07 Å². The molecule has 3 N–H and O–H groups in total. The summed E-state index contributed by atoms with van der Waals surface area (Å²) in [6.07, 6.45) is 2.46. The first-order valence-electron chi connectivity index (χ1n) is 6.26. The lowest BCUT2D eigenvalue weighted by Crippen LogP contribution is -2.22. The Labute approximate surface area is 106 Å². The summed E-state index contributed by atoms with van der Waals surface area (Å²) in [5, 5.41) is 21.8. The molecular formula is C13H18N2O3. The van der Waals surface area contributed by atoms with Gasteiger partial charge in [-0.25, -0.2) is 9.78 Å². The molecule has 0 aliphatic heterocycles. The molecule has 18 heavy (non-hydrogen) atoms. The minimum Gasteiger partial charge on any atom is -0.478 e. The molecule has 1 aromatic heterocycles. The number of carboxylic acid groups (broad SMARTS) is 1. The summed E-state index contributed by atoms with van der Waals surface area (Å²) in [7, 11) is 0. The summed E-state index contributed by atoms with van der Waals surface area (Å²) >= 11 is 0. The molecule has 0 radical (unpaired) electrons. The average molecular weight is 250 g/mol. The van der Waals surface area contributed by atoms with Crippen molar-refractivity contribution in [2.24, 2.45) is 5.92 Å². The molecule has 98 valence electrons. The summed E-state index contributed by atoms with van der Waals surface area (Å²) in [5.74, 6) is -0.0462. The van der Waals surface area contributed by atoms with Crippen LogP contribution in [0.15, 0.2) is 12.1 Å². The first kappa shape index (κ1) is 12.8. The summed E-state index contributed by atoms with van der Waals surface area (Å²) in [5.41, 5.74) is 0.962. The molecule has 0 amide bonds. The number of aromatic carboxylic acids is 1. The molecule has 5 nitrogen and oxygen atoms in total. The first-order valence-corrected chi connectivity index (χ1v) is 6.26. The van der Waals surface area contributed by atoms with Gasteiger partial charge in [0, 0.05) is 12.2 Å². The Morgan fingerprint density at radius 1 is 1.56 bits per heavy atom. The number of aliphatic hydroxyl groups excluding tert-OH is 1. The fourth-order valence-corrected chi connectivity index (χ4v) is 1.84. The van der Waals surface area contributed by atoms with E-state index in [0.717, 1.165) is 18.5 Å². The number of hydrogen-bond donors (Lipinski definition) is 3. The Hall–Kier alpha value is -1.62. The number of aryl methyl sites for hydroxylation is 1. The van der Waals surface area contributed by atoms with Crippen LogP contribution < -0.4 is 5.32 Å². The number of pyridine rings is 1. The molecule has 1 atom stereocenters. The number of aromatic nitrogens is 1. The Morgan fingerprint density at radius 2 is 2.28 bits per heavy atom. The van der Waals surface area contributed by atoms with Crippen molar-refractivity contribution in [1.82, 2.24) is 4.98 Å². The lowest BCUT2D eigenvalue weighted by atomic mass is 10.2. The third kappa shape index (κ3) is 3.20. The Kier molecular flexibility index (Phi) is 3.81. The first-order chi connectivity index (χ1) is 8.60. The molecule has 1 aliphatic carbocycles. The zero-order chi connectivity index (χ0) is 13.1. The Morgan fingerprint density at radius 3 is 2.83 bits per heavy atom. The quantitative estimate of drug-likeness (QED) is 0.713. The zero-order valence-electron chi connectivity index (χ0n) is 10.4. The lowest BCUT2D eigenvalue weighted by Gasteiger charge is -2.12. The van der Waals surface area contributed by atoms with Crippen molar-refractivity contribution in [2.75, 3.05) is 11.9 Å². The number of aliphatic hydroxyl groups is 1. The van der Waals surface area contributed by atoms with E-state index in [4.69, 9.17) is 5.11 Å². The molecule has 0 bridgehead atoms. The largest absolute Gasteiger partial charge is 0.478 e. The van der Waals surface area contributed by atoms with Crippen molar-refractivity contribution < 1.29 is 15.0 Å². The standard InChI is InChI=1S/C13H18N2O3/c1-2-10-5-9(13(17)18)6-12(15-10)14-7-11(16)8-3-4-8/h5-6,8,11,16H,2-4,7H2,1H3,(H,14,15)(H,17,18). The molecular weight excluding hydrogens is 232 g/mol. The van der Waals surface area contributed by atoms with Gasteiger partial charge in [-0.05, 0) is 37.3 Å². The summed E-state index contributed by atoms with van der Waals surface area (Å²) < 4.78 is 0. The molecule has 1 heterocycles. The maximum Gasteiger partial charge on any atom is 0.335 e. The number of carboxylic acids is 1. The summed E-state index contributed by atoms with van der Waals surface area (Å²) in [6.45, 7) is 2.35. The third-order valence-corrected chi connectivity index (χ3v) is 3.15. The van der Waals surface area contributed by atoms with Crippen LogP contribution in [0.2, 0.25) is 0 Å². The number of hydrogen-bond acceptors (Lipinski definition) is 4. The monoisotopic (exact) mass is 250 g/mol. The van der Waals surface area contributed by atoms with Gasteiger partial charge in [0.25, 0.3) is 0 Å². The van der Waals surface area contributed by atoms with E-state index in [-0.39, 0.29) is 11.7 Å². The zero-order valence-corrected chi connectivity index (χ0v) is 10.4. The Balaban J connectivity index is 2.05. The molecule has 0 spiro atoms. The van der Waals surface area contributed by atoms with Gasteiger partial charge in [-0.3, -0.25) is 0 Å². The van der Waals surface area contributed by atoms with Gasteiger partial charge < -0.3 is 15.5 Å². The van der Waals surface area contributed by atoms with Crippen LogP contribution in [0.25, 0.3) is 0 Å². The fraction of sp³-hybridized carbons (Fsp3) is 0.538. The van der Waals surface area contributed by atoms with Gasteiger partial charge in [0.1, 0.15) is 5.82 Å². The molecule has 1 fully saturated rings. The molecule has 0 saturated heterocycles. The van der Waals surface area contributed by atoms with Crippen molar-refractivity contribution in [3.63, 3.8) is 0 Å². The van der Waals surface area contributed by atoms with Gasteiger partial charge in [-0.1, -0.05) is 6.92 Å². The van der Waals surface area contributed by atoms with E-state index in [2.05, 4.69) is 10.3 Å². The van der Waals surface area contributed by atoms with Crippen molar-refractivity contribution in [2.45, 2.75) is 32.3 Å². The molecule has 0 aromatic carbocycles. The van der Waals surface area contributed by atoms with Crippen LogP contribution in [-0.2, 0) is 6.42 Å². The second-order valence-corrected chi connectivity index (χ2v) is 4.68. The van der Waals surface area contributed by atoms with E-state index in [9.17, 15) is 9.90 Å². The van der Waals surface area contributed by atoms with Crippen LogP contribution in [0.3, 0.4) is 0 Å². The van der Waals surface area contributed by atoms with Crippen LogP contribution in [0, 0.1) is 5.92 Å². The smallest absolute Gasteiger partial charge is 0.335 e. The highest BCUT2D eigenvalue weighted by Gasteiger charge is 2.29. The van der Waals surface area contributed by atoms with Gasteiger partial charge in [-0.2, -0.15) is 0 Å². The van der Waals surface area contributed by atoms with Crippen molar-refractivity contribution in [3.8, 4) is 0 Å². The maximum atomic E-state index is 11.0. The number of nitrogens with one attached hydrogen (secondary N) is 1. The van der Waals surface area contributed by atoms with Crippen LogP contribution in [0.4, 0.5) is 5.82 Å².